The summed E-state index contributed by atoms with van der Waals surface area (Å²) in [5.41, 5.74) is 2.39. The maximum absolute atomic E-state index is 12.5. The summed E-state index contributed by atoms with van der Waals surface area (Å²) in [7, 11) is 0. The highest BCUT2D eigenvalue weighted by Gasteiger charge is 2.27. The van der Waals surface area contributed by atoms with E-state index in [0.29, 0.717) is 35.3 Å². The van der Waals surface area contributed by atoms with Crippen LogP contribution in [0.4, 0.5) is 0 Å². The van der Waals surface area contributed by atoms with Gasteiger partial charge in [-0.25, -0.2) is 4.98 Å². The quantitative estimate of drug-likeness (QED) is 0.739. The summed E-state index contributed by atoms with van der Waals surface area (Å²) in [5, 5.41) is 11.8. The standard InChI is InChI=1S/C18H19ClN6O/c1-2-7-25-10-21-24-17(25)16-22-14-8-12(9-20-18(26)15(14)23-16)11-3-5-13(19)6-4-11/h3-6,10,12H,2,7-9H2,1H3,(H,20,26)(H,22,23)/t12-/m1/s1. The van der Waals surface area contributed by atoms with Crippen LogP contribution in [0.2, 0.25) is 5.02 Å². The van der Waals surface area contributed by atoms with E-state index in [4.69, 9.17) is 11.6 Å². The minimum atomic E-state index is -0.166. The lowest BCUT2D eigenvalue weighted by Crippen LogP contribution is -2.26. The number of aromatic amines is 1. The summed E-state index contributed by atoms with van der Waals surface area (Å²) in [6.45, 7) is 3.45. The number of nitrogens with zero attached hydrogens (tertiary/aromatic N) is 4. The molecule has 26 heavy (non-hydrogen) atoms. The van der Waals surface area contributed by atoms with Gasteiger partial charge in [-0.1, -0.05) is 30.7 Å². The van der Waals surface area contributed by atoms with Crippen molar-refractivity contribution in [1.82, 2.24) is 30.0 Å². The van der Waals surface area contributed by atoms with Crippen molar-refractivity contribution in [2.45, 2.75) is 32.2 Å². The van der Waals surface area contributed by atoms with E-state index in [2.05, 4.69) is 32.4 Å². The molecule has 3 aromatic rings. The molecule has 0 radical (unpaired) electrons. The van der Waals surface area contributed by atoms with Gasteiger partial charge in [0.2, 0.25) is 0 Å². The molecule has 4 rings (SSSR count). The molecule has 0 unspecified atom stereocenters. The molecule has 0 spiro atoms. The molecule has 8 heteroatoms. The molecule has 1 aromatic carbocycles. The average molecular weight is 371 g/mol. The average Bonchev–Trinajstić information content (AvgIpc) is 3.23. The van der Waals surface area contributed by atoms with Crippen molar-refractivity contribution in [1.29, 1.82) is 0 Å². The van der Waals surface area contributed by atoms with Crippen molar-refractivity contribution in [2.24, 2.45) is 0 Å². The van der Waals surface area contributed by atoms with Gasteiger partial charge in [-0.15, -0.1) is 10.2 Å². The molecule has 1 aliphatic heterocycles. The van der Waals surface area contributed by atoms with Crippen molar-refractivity contribution in [3.63, 3.8) is 0 Å². The van der Waals surface area contributed by atoms with Crippen LogP contribution >= 0.6 is 11.6 Å². The van der Waals surface area contributed by atoms with Gasteiger partial charge >= 0.3 is 0 Å². The molecule has 1 atom stereocenters. The molecule has 0 aliphatic carbocycles. The lowest BCUT2D eigenvalue weighted by Gasteiger charge is -2.14. The first-order valence-corrected chi connectivity index (χ1v) is 9.04. The van der Waals surface area contributed by atoms with E-state index >= 15 is 0 Å². The highest BCUT2D eigenvalue weighted by Crippen LogP contribution is 2.27. The Balaban J connectivity index is 1.68. The topological polar surface area (TPSA) is 88.5 Å². The molecule has 2 N–H and O–H groups in total. The summed E-state index contributed by atoms with van der Waals surface area (Å²) >= 11 is 5.99. The summed E-state index contributed by atoms with van der Waals surface area (Å²) in [5.74, 6) is 1.21. The maximum atomic E-state index is 12.5. The van der Waals surface area contributed by atoms with Crippen molar-refractivity contribution in [3.8, 4) is 11.6 Å². The number of carbonyl (C=O) groups excluding carboxylic acids is 1. The van der Waals surface area contributed by atoms with Crippen LogP contribution in [-0.4, -0.2) is 37.2 Å². The molecule has 3 heterocycles. The fourth-order valence-corrected chi connectivity index (χ4v) is 3.41. The number of amides is 1. The van der Waals surface area contributed by atoms with Gasteiger partial charge in [0, 0.05) is 29.7 Å². The maximum Gasteiger partial charge on any atom is 0.271 e. The fraction of sp³-hybridized carbons (Fsp3) is 0.333. The van der Waals surface area contributed by atoms with Gasteiger partial charge in [0.1, 0.15) is 12.0 Å². The largest absolute Gasteiger partial charge is 0.350 e. The lowest BCUT2D eigenvalue weighted by molar-refractivity contribution is 0.0950. The van der Waals surface area contributed by atoms with E-state index in [1.807, 2.05) is 28.8 Å². The van der Waals surface area contributed by atoms with Crippen molar-refractivity contribution >= 4 is 17.5 Å². The van der Waals surface area contributed by atoms with E-state index in [1.165, 1.54) is 0 Å². The number of aryl methyl sites for hydroxylation is 1. The number of hydrogen-bond donors (Lipinski definition) is 2. The Morgan fingerprint density at radius 3 is 2.88 bits per heavy atom. The van der Waals surface area contributed by atoms with Gasteiger partial charge in [0.05, 0.1) is 0 Å². The summed E-state index contributed by atoms with van der Waals surface area (Å²) < 4.78 is 1.94. The zero-order valence-electron chi connectivity index (χ0n) is 14.4. The van der Waals surface area contributed by atoms with Gasteiger partial charge < -0.3 is 14.9 Å². The van der Waals surface area contributed by atoms with E-state index in [9.17, 15) is 4.79 Å². The monoisotopic (exact) mass is 370 g/mol. The first kappa shape index (κ1) is 16.8. The van der Waals surface area contributed by atoms with Gasteiger partial charge in [-0.3, -0.25) is 4.79 Å². The van der Waals surface area contributed by atoms with Crippen molar-refractivity contribution < 1.29 is 4.79 Å². The number of hydrogen-bond acceptors (Lipinski definition) is 4. The van der Waals surface area contributed by atoms with Crippen LogP contribution in [-0.2, 0) is 13.0 Å². The Bertz CT molecular complexity index is 930. The lowest BCUT2D eigenvalue weighted by atomic mass is 9.94. The van der Waals surface area contributed by atoms with Crippen molar-refractivity contribution in [3.05, 3.63) is 52.6 Å². The van der Waals surface area contributed by atoms with Crippen LogP contribution < -0.4 is 5.32 Å². The van der Waals surface area contributed by atoms with Crippen LogP contribution in [0.25, 0.3) is 11.6 Å². The van der Waals surface area contributed by atoms with Gasteiger partial charge in [0.15, 0.2) is 11.6 Å². The smallest absolute Gasteiger partial charge is 0.271 e. The predicted octanol–water partition coefficient (Wildman–Crippen LogP) is 2.80. The van der Waals surface area contributed by atoms with Gasteiger partial charge in [-0.2, -0.15) is 0 Å². The third-order valence-electron chi connectivity index (χ3n) is 4.59. The van der Waals surface area contributed by atoms with E-state index in [1.54, 1.807) is 6.33 Å². The molecule has 0 bridgehead atoms. The van der Waals surface area contributed by atoms with E-state index < -0.39 is 0 Å². The minimum Gasteiger partial charge on any atom is -0.350 e. The predicted molar refractivity (Wildman–Crippen MR) is 98.1 cm³/mol. The second-order valence-electron chi connectivity index (χ2n) is 6.42. The molecule has 0 saturated heterocycles. The number of halogens is 1. The Hall–Kier alpha value is -2.67. The second kappa shape index (κ2) is 6.92. The first-order valence-electron chi connectivity index (χ1n) is 8.66. The number of benzene rings is 1. The molecule has 2 aromatic heterocycles. The van der Waals surface area contributed by atoms with Crippen LogP contribution in [0.5, 0.6) is 0 Å². The highest BCUT2D eigenvalue weighted by molar-refractivity contribution is 6.30. The minimum absolute atomic E-state index is 0.152. The number of H-pyrrole nitrogens is 1. The fourth-order valence-electron chi connectivity index (χ4n) is 3.28. The summed E-state index contributed by atoms with van der Waals surface area (Å²) in [6.07, 6.45) is 3.33. The van der Waals surface area contributed by atoms with Gasteiger partial charge in [-0.05, 0) is 30.5 Å². The molecular formula is C18H19ClN6O. The Labute approximate surface area is 155 Å². The number of carbonyl (C=O) groups is 1. The molecule has 0 fully saturated rings. The molecule has 0 saturated carbocycles. The van der Waals surface area contributed by atoms with Crippen LogP contribution in [0.1, 0.15) is 41.0 Å². The second-order valence-corrected chi connectivity index (χ2v) is 6.86. The third kappa shape index (κ3) is 3.10. The van der Waals surface area contributed by atoms with Crippen LogP contribution in [0.3, 0.4) is 0 Å². The Morgan fingerprint density at radius 1 is 1.31 bits per heavy atom. The number of imidazole rings is 1. The van der Waals surface area contributed by atoms with Crippen molar-refractivity contribution in [2.75, 3.05) is 6.54 Å². The Kier molecular flexibility index (Phi) is 4.46. The number of fused-ring (bicyclic) bond motifs is 1. The Morgan fingerprint density at radius 2 is 2.12 bits per heavy atom. The number of nitrogens with one attached hydrogen (secondary N) is 2. The third-order valence-corrected chi connectivity index (χ3v) is 4.84. The zero-order chi connectivity index (χ0) is 18.1. The molecule has 1 aliphatic rings. The molecule has 7 nitrogen and oxygen atoms in total. The first-order chi connectivity index (χ1) is 12.7. The zero-order valence-corrected chi connectivity index (χ0v) is 15.1. The molecule has 134 valence electrons. The summed E-state index contributed by atoms with van der Waals surface area (Å²) in [4.78, 5) is 20.3. The molecular weight excluding hydrogens is 352 g/mol. The van der Waals surface area contributed by atoms with E-state index in [0.717, 1.165) is 24.2 Å². The van der Waals surface area contributed by atoms with Gasteiger partial charge in [0.25, 0.3) is 5.91 Å². The number of rotatable bonds is 4. The normalized spacial score (nSPS) is 16.8. The van der Waals surface area contributed by atoms with Crippen LogP contribution in [0, 0.1) is 0 Å². The highest BCUT2D eigenvalue weighted by atomic mass is 35.5. The van der Waals surface area contributed by atoms with E-state index in [-0.39, 0.29) is 11.8 Å². The van der Waals surface area contributed by atoms with Crippen LogP contribution in [0.15, 0.2) is 30.6 Å². The SMILES string of the molecule is CCCn1cnnc1-c1nc2c([nH]1)C[C@@H](c1ccc(Cl)cc1)CNC2=O. The summed E-state index contributed by atoms with van der Waals surface area (Å²) in [6, 6.07) is 7.74. The number of aromatic nitrogens is 5. The molecule has 1 amide bonds.